The number of carbonyl (C=O) groups excluding carboxylic acids is 1. The molecular formula is C11H17N3OS2. The standard InChI is InChI=1S/C11H17N3OS2/c1-5-6-12-9-13-14-10(17-9)16-7-8(15)11(2,3)4/h5H,1,6-7H2,2-4H3,(H,12,13). The van der Waals surface area contributed by atoms with E-state index in [-0.39, 0.29) is 11.2 Å². The lowest BCUT2D eigenvalue weighted by atomic mass is 9.92. The van der Waals surface area contributed by atoms with Crippen LogP contribution in [0.1, 0.15) is 20.8 Å². The molecule has 0 radical (unpaired) electrons. The Hall–Kier alpha value is -0.880. The molecule has 0 aromatic carbocycles. The molecule has 0 aliphatic heterocycles. The zero-order valence-electron chi connectivity index (χ0n) is 10.3. The fraction of sp³-hybridized carbons (Fsp3) is 0.545. The van der Waals surface area contributed by atoms with Crippen LogP contribution >= 0.6 is 23.1 Å². The molecule has 1 N–H and O–H groups in total. The molecule has 1 aromatic heterocycles. The second kappa shape index (κ2) is 6.16. The summed E-state index contributed by atoms with van der Waals surface area (Å²) in [6.45, 7) is 10.1. The van der Waals surface area contributed by atoms with Gasteiger partial charge in [-0.1, -0.05) is 49.9 Å². The van der Waals surface area contributed by atoms with Crippen molar-refractivity contribution >= 4 is 34.0 Å². The predicted octanol–water partition coefficient (Wildman–Crippen LogP) is 2.84. The van der Waals surface area contributed by atoms with E-state index in [1.807, 2.05) is 20.8 Å². The van der Waals surface area contributed by atoms with Crippen LogP contribution in [0.25, 0.3) is 0 Å². The Morgan fingerprint density at radius 1 is 1.53 bits per heavy atom. The third kappa shape index (κ3) is 4.87. The molecule has 0 atom stereocenters. The molecule has 1 aromatic rings. The first kappa shape index (κ1) is 14.2. The number of nitrogens with one attached hydrogen (secondary N) is 1. The average Bonchev–Trinajstić information content (AvgIpc) is 2.69. The van der Waals surface area contributed by atoms with Crippen LogP contribution in [0.4, 0.5) is 5.13 Å². The van der Waals surface area contributed by atoms with E-state index in [0.29, 0.717) is 12.3 Å². The fourth-order valence-corrected chi connectivity index (χ4v) is 2.76. The molecule has 0 aliphatic rings. The summed E-state index contributed by atoms with van der Waals surface area (Å²) < 4.78 is 0.814. The van der Waals surface area contributed by atoms with Gasteiger partial charge in [-0.15, -0.1) is 16.8 Å². The fourth-order valence-electron chi connectivity index (χ4n) is 0.843. The number of rotatable bonds is 6. The first-order valence-electron chi connectivity index (χ1n) is 5.28. The normalized spacial score (nSPS) is 11.2. The van der Waals surface area contributed by atoms with Crippen molar-refractivity contribution in [2.75, 3.05) is 17.6 Å². The van der Waals surface area contributed by atoms with Gasteiger partial charge in [0.1, 0.15) is 5.78 Å². The van der Waals surface area contributed by atoms with Crippen molar-refractivity contribution < 1.29 is 4.79 Å². The van der Waals surface area contributed by atoms with Crippen molar-refractivity contribution in [1.29, 1.82) is 0 Å². The van der Waals surface area contributed by atoms with Crippen molar-refractivity contribution in [2.24, 2.45) is 5.41 Å². The van der Waals surface area contributed by atoms with E-state index in [4.69, 9.17) is 0 Å². The zero-order chi connectivity index (χ0) is 12.9. The Balaban J connectivity index is 2.44. The zero-order valence-corrected chi connectivity index (χ0v) is 12.0. The number of nitrogens with zero attached hydrogens (tertiary/aromatic N) is 2. The highest BCUT2D eigenvalue weighted by Gasteiger charge is 2.21. The topological polar surface area (TPSA) is 54.9 Å². The smallest absolute Gasteiger partial charge is 0.206 e. The lowest BCUT2D eigenvalue weighted by Crippen LogP contribution is -2.21. The lowest BCUT2D eigenvalue weighted by molar-refractivity contribution is -0.123. The number of ketones is 1. The van der Waals surface area contributed by atoms with Crippen LogP contribution in [0.5, 0.6) is 0 Å². The van der Waals surface area contributed by atoms with Gasteiger partial charge < -0.3 is 5.32 Å². The largest absolute Gasteiger partial charge is 0.357 e. The van der Waals surface area contributed by atoms with Crippen LogP contribution in [0, 0.1) is 5.41 Å². The van der Waals surface area contributed by atoms with Crippen LogP contribution in [0.15, 0.2) is 17.0 Å². The van der Waals surface area contributed by atoms with Gasteiger partial charge >= 0.3 is 0 Å². The molecule has 0 bridgehead atoms. The number of aromatic nitrogens is 2. The molecular weight excluding hydrogens is 254 g/mol. The Kier molecular flexibility index (Phi) is 5.14. The molecule has 0 amide bonds. The number of hydrogen-bond donors (Lipinski definition) is 1. The highest BCUT2D eigenvalue weighted by molar-refractivity contribution is 8.01. The molecule has 17 heavy (non-hydrogen) atoms. The van der Waals surface area contributed by atoms with Gasteiger partial charge in [-0.25, -0.2) is 0 Å². The Morgan fingerprint density at radius 2 is 2.24 bits per heavy atom. The maximum absolute atomic E-state index is 11.7. The van der Waals surface area contributed by atoms with Crippen LogP contribution in [-0.4, -0.2) is 28.3 Å². The van der Waals surface area contributed by atoms with Gasteiger partial charge in [0.05, 0.1) is 5.75 Å². The summed E-state index contributed by atoms with van der Waals surface area (Å²) in [6, 6.07) is 0. The maximum atomic E-state index is 11.7. The summed E-state index contributed by atoms with van der Waals surface area (Å²) in [5.41, 5.74) is -0.290. The van der Waals surface area contributed by atoms with Crippen LogP contribution in [0.3, 0.4) is 0 Å². The summed E-state index contributed by atoms with van der Waals surface area (Å²) >= 11 is 2.89. The van der Waals surface area contributed by atoms with E-state index in [1.54, 1.807) is 6.08 Å². The quantitative estimate of drug-likeness (QED) is 0.637. The lowest BCUT2D eigenvalue weighted by Gasteiger charge is -2.15. The van der Waals surface area contributed by atoms with Crippen LogP contribution in [-0.2, 0) is 4.79 Å². The maximum Gasteiger partial charge on any atom is 0.206 e. The number of Topliss-reactive ketones (excluding diaryl/α,β-unsaturated/α-hetero) is 1. The van der Waals surface area contributed by atoms with Gasteiger partial charge in [0.2, 0.25) is 5.13 Å². The SMILES string of the molecule is C=CCNc1nnc(SCC(=O)C(C)(C)C)s1. The van der Waals surface area contributed by atoms with E-state index >= 15 is 0 Å². The number of hydrogen-bond acceptors (Lipinski definition) is 6. The van der Waals surface area contributed by atoms with Crippen LogP contribution < -0.4 is 5.32 Å². The monoisotopic (exact) mass is 271 g/mol. The number of thioether (sulfide) groups is 1. The van der Waals surface area contributed by atoms with E-state index in [1.165, 1.54) is 23.1 Å². The molecule has 0 saturated heterocycles. The van der Waals surface area contributed by atoms with Crippen molar-refractivity contribution in [2.45, 2.75) is 25.1 Å². The Bertz CT molecular complexity index is 396. The molecule has 0 unspecified atom stereocenters. The van der Waals surface area contributed by atoms with Gasteiger partial charge in [0.15, 0.2) is 4.34 Å². The second-order valence-electron chi connectivity index (χ2n) is 4.50. The minimum Gasteiger partial charge on any atom is -0.357 e. The summed E-state index contributed by atoms with van der Waals surface area (Å²) in [5.74, 6) is 0.665. The van der Waals surface area contributed by atoms with Crippen molar-refractivity contribution in [3.05, 3.63) is 12.7 Å². The molecule has 6 heteroatoms. The number of anilines is 1. The molecule has 94 valence electrons. The van der Waals surface area contributed by atoms with Gasteiger partial charge in [0, 0.05) is 12.0 Å². The van der Waals surface area contributed by atoms with Crippen molar-refractivity contribution in [3.8, 4) is 0 Å². The summed E-state index contributed by atoms with van der Waals surface area (Å²) in [4.78, 5) is 11.7. The highest BCUT2D eigenvalue weighted by Crippen LogP contribution is 2.27. The Morgan fingerprint density at radius 3 is 2.82 bits per heavy atom. The van der Waals surface area contributed by atoms with Gasteiger partial charge in [-0.2, -0.15) is 0 Å². The highest BCUT2D eigenvalue weighted by atomic mass is 32.2. The van der Waals surface area contributed by atoms with E-state index in [0.717, 1.165) is 9.47 Å². The first-order chi connectivity index (χ1) is 7.93. The van der Waals surface area contributed by atoms with Crippen molar-refractivity contribution in [3.63, 3.8) is 0 Å². The third-order valence-corrected chi connectivity index (χ3v) is 3.98. The molecule has 1 heterocycles. The molecule has 0 aliphatic carbocycles. The molecule has 0 fully saturated rings. The summed E-state index contributed by atoms with van der Waals surface area (Å²) in [7, 11) is 0. The van der Waals surface area contributed by atoms with E-state index in [2.05, 4.69) is 22.1 Å². The van der Waals surface area contributed by atoms with E-state index < -0.39 is 0 Å². The molecule has 0 saturated carbocycles. The predicted molar refractivity (Wildman–Crippen MR) is 73.8 cm³/mol. The third-order valence-electron chi connectivity index (χ3n) is 1.97. The summed E-state index contributed by atoms with van der Waals surface area (Å²) in [5, 5.41) is 11.8. The first-order valence-corrected chi connectivity index (χ1v) is 7.08. The van der Waals surface area contributed by atoms with E-state index in [9.17, 15) is 4.79 Å². The van der Waals surface area contributed by atoms with Gasteiger partial charge in [0.25, 0.3) is 0 Å². The summed E-state index contributed by atoms with van der Waals surface area (Å²) in [6.07, 6.45) is 1.76. The average molecular weight is 271 g/mol. The van der Waals surface area contributed by atoms with Gasteiger partial charge in [-0.05, 0) is 0 Å². The minimum atomic E-state index is -0.290. The molecule has 1 rings (SSSR count). The molecule has 4 nitrogen and oxygen atoms in total. The van der Waals surface area contributed by atoms with Crippen LogP contribution in [0.2, 0.25) is 0 Å². The second-order valence-corrected chi connectivity index (χ2v) is 6.70. The Labute approximate surface area is 110 Å². The van der Waals surface area contributed by atoms with Crippen molar-refractivity contribution in [1.82, 2.24) is 10.2 Å². The molecule has 0 spiro atoms. The van der Waals surface area contributed by atoms with Gasteiger partial charge in [-0.3, -0.25) is 4.79 Å². The number of carbonyl (C=O) groups is 1. The minimum absolute atomic E-state index is 0.221.